The van der Waals surface area contributed by atoms with Crippen LogP contribution in [0.1, 0.15) is 0 Å². The van der Waals surface area contributed by atoms with Crippen molar-refractivity contribution in [3.05, 3.63) is 69.3 Å². The molecule has 0 aliphatic carbocycles. The molecule has 0 saturated heterocycles. The summed E-state index contributed by atoms with van der Waals surface area (Å²) >= 11 is 0. The molecule has 0 spiro atoms. The first-order valence-electron chi connectivity index (χ1n) is 6.22. The zero-order chi connectivity index (χ0) is 13.7. The summed E-state index contributed by atoms with van der Waals surface area (Å²) in [4.78, 5) is 26.9. The summed E-state index contributed by atoms with van der Waals surface area (Å²) < 4.78 is 5.23. The molecule has 2 heterocycles. The molecular formula is C16H9NO3. The average molecular weight is 263 g/mol. The van der Waals surface area contributed by atoms with Crippen LogP contribution in [0.3, 0.4) is 0 Å². The number of hydrogen-bond acceptors (Lipinski definition) is 3. The molecule has 0 aliphatic rings. The second-order valence-electron chi connectivity index (χ2n) is 4.64. The van der Waals surface area contributed by atoms with E-state index in [0.29, 0.717) is 16.5 Å². The molecule has 0 bridgehead atoms. The first-order valence-corrected chi connectivity index (χ1v) is 6.22. The van der Waals surface area contributed by atoms with Crippen molar-refractivity contribution in [2.45, 2.75) is 0 Å². The van der Waals surface area contributed by atoms with Gasteiger partial charge in [-0.3, -0.25) is 4.79 Å². The van der Waals surface area contributed by atoms with Crippen LogP contribution in [0.4, 0.5) is 0 Å². The van der Waals surface area contributed by atoms with Gasteiger partial charge >= 0.3 is 5.63 Å². The molecule has 2 aromatic heterocycles. The van der Waals surface area contributed by atoms with Crippen molar-refractivity contribution in [3.63, 3.8) is 0 Å². The van der Waals surface area contributed by atoms with Crippen LogP contribution in [0.2, 0.25) is 0 Å². The minimum absolute atomic E-state index is 0.0717. The molecule has 0 atom stereocenters. The molecule has 4 heteroatoms. The maximum atomic E-state index is 12.1. The van der Waals surface area contributed by atoms with Crippen molar-refractivity contribution in [3.8, 4) is 0 Å². The molecule has 0 aliphatic heterocycles. The van der Waals surface area contributed by atoms with E-state index in [1.54, 1.807) is 12.1 Å². The van der Waals surface area contributed by atoms with E-state index in [-0.39, 0.29) is 5.39 Å². The van der Waals surface area contributed by atoms with Gasteiger partial charge in [0.15, 0.2) is 0 Å². The molecule has 4 aromatic rings. The Hall–Kier alpha value is -2.88. The molecule has 4 nitrogen and oxygen atoms in total. The summed E-state index contributed by atoms with van der Waals surface area (Å²) in [6.45, 7) is 0. The van der Waals surface area contributed by atoms with E-state index in [0.717, 1.165) is 10.8 Å². The highest BCUT2D eigenvalue weighted by molar-refractivity contribution is 6.17. The molecule has 1 N–H and O–H groups in total. The number of H-pyrrole nitrogens is 1. The summed E-state index contributed by atoms with van der Waals surface area (Å²) in [5, 5.41) is 2.33. The number of nitrogens with one attached hydrogen (secondary N) is 1. The Bertz CT molecular complexity index is 1000. The van der Waals surface area contributed by atoms with Gasteiger partial charge in [0.25, 0.3) is 5.56 Å². The van der Waals surface area contributed by atoms with Gasteiger partial charge in [-0.2, -0.15) is 0 Å². The zero-order valence-corrected chi connectivity index (χ0v) is 10.3. The van der Waals surface area contributed by atoms with Gasteiger partial charge in [0.1, 0.15) is 11.0 Å². The molecular weight excluding hydrogens is 254 g/mol. The normalized spacial score (nSPS) is 11.4. The number of hydrogen-bond donors (Lipinski definition) is 1. The fourth-order valence-electron chi connectivity index (χ4n) is 2.63. The standard InChI is InChI=1S/C16H9NO3/c18-15-14-13(9-5-1-3-7-11(9)17-15)10-6-2-4-8-12(10)20-16(14)19/h1-8H,(H,17,18). The van der Waals surface area contributed by atoms with E-state index in [9.17, 15) is 9.59 Å². The van der Waals surface area contributed by atoms with Gasteiger partial charge in [0.05, 0.1) is 0 Å². The Kier molecular flexibility index (Phi) is 2.09. The third-order valence-corrected chi connectivity index (χ3v) is 3.48. The molecule has 0 fully saturated rings. The van der Waals surface area contributed by atoms with Crippen molar-refractivity contribution < 1.29 is 4.42 Å². The number of pyridine rings is 1. The number of benzene rings is 2. The molecule has 96 valence electrons. The van der Waals surface area contributed by atoms with E-state index in [1.165, 1.54) is 0 Å². The quantitative estimate of drug-likeness (QED) is 0.392. The monoisotopic (exact) mass is 263 g/mol. The van der Waals surface area contributed by atoms with Gasteiger partial charge in [-0.15, -0.1) is 0 Å². The Morgan fingerprint density at radius 2 is 1.50 bits per heavy atom. The second kappa shape index (κ2) is 3.81. The van der Waals surface area contributed by atoms with E-state index in [4.69, 9.17) is 4.42 Å². The molecule has 4 rings (SSSR count). The fourth-order valence-corrected chi connectivity index (χ4v) is 2.63. The smallest absolute Gasteiger partial charge is 0.349 e. The molecule has 0 unspecified atom stereocenters. The lowest BCUT2D eigenvalue weighted by molar-refractivity contribution is 0.569. The highest BCUT2D eigenvalue weighted by Crippen LogP contribution is 2.26. The van der Waals surface area contributed by atoms with Crippen molar-refractivity contribution in [2.24, 2.45) is 0 Å². The molecule has 20 heavy (non-hydrogen) atoms. The lowest BCUT2D eigenvalue weighted by atomic mass is 10.0. The van der Waals surface area contributed by atoms with Gasteiger partial charge in [0, 0.05) is 21.7 Å². The van der Waals surface area contributed by atoms with Crippen molar-refractivity contribution >= 4 is 32.6 Å². The topological polar surface area (TPSA) is 63.1 Å². The number of aromatic amines is 1. The lowest BCUT2D eigenvalue weighted by Gasteiger charge is -2.05. The Morgan fingerprint density at radius 3 is 2.35 bits per heavy atom. The van der Waals surface area contributed by atoms with Gasteiger partial charge in [-0.1, -0.05) is 36.4 Å². The molecule has 0 radical (unpaired) electrons. The van der Waals surface area contributed by atoms with Crippen molar-refractivity contribution in [1.29, 1.82) is 0 Å². The minimum Gasteiger partial charge on any atom is -0.422 e. The van der Waals surface area contributed by atoms with E-state index in [1.807, 2.05) is 36.4 Å². The van der Waals surface area contributed by atoms with E-state index in [2.05, 4.69) is 4.98 Å². The van der Waals surface area contributed by atoms with Gasteiger partial charge < -0.3 is 9.40 Å². The van der Waals surface area contributed by atoms with Crippen LogP contribution in [0.25, 0.3) is 32.6 Å². The Morgan fingerprint density at radius 1 is 0.800 bits per heavy atom. The summed E-state index contributed by atoms with van der Waals surface area (Å²) in [6, 6.07) is 14.7. The summed E-state index contributed by atoms with van der Waals surface area (Å²) in [7, 11) is 0. The molecule has 0 amide bonds. The molecule has 0 saturated carbocycles. The lowest BCUT2D eigenvalue weighted by Crippen LogP contribution is -2.15. The van der Waals surface area contributed by atoms with Gasteiger partial charge in [-0.25, -0.2) is 4.79 Å². The Balaban J connectivity index is 2.51. The Labute approximate surface area is 112 Å². The second-order valence-corrected chi connectivity index (χ2v) is 4.64. The summed E-state index contributed by atoms with van der Waals surface area (Å²) in [6.07, 6.45) is 0. The van der Waals surface area contributed by atoms with Crippen LogP contribution in [0, 0.1) is 0 Å². The largest absolute Gasteiger partial charge is 0.422 e. The fraction of sp³-hybridized carbons (Fsp3) is 0. The first kappa shape index (κ1) is 11.0. The van der Waals surface area contributed by atoms with Crippen LogP contribution in [-0.2, 0) is 0 Å². The number of aromatic nitrogens is 1. The van der Waals surface area contributed by atoms with Crippen LogP contribution >= 0.6 is 0 Å². The highest BCUT2D eigenvalue weighted by atomic mass is 16.4. The number of para-hydroxylation sites is 2. The predicted octanol–water partition coefficient (Wildman–Crippen LogP) is 2.79. The van der Waals surface area contributed by atoms with Gasteiger partial charge in [-0.05, 0) is 12.1 Å². The molecule has 2 aromatic carbocycles. The third kappa shape index (κ3) is 1.36. The van der Waals surface area contributed by atoms with E-state index < -0.39 is 11.2 Å². The van der Waals surface area contributed by atoms with Crippen LogP contribution in [0.5, 0.6) is 0 Å². The number of rotatable bonds is 0. The number of fused-ring (bicyclic) bond motifs is 5. The maximum Gasteiger partial charge on any atom is 0.349 e. The van der Waals surface area contributed by atoms with Crippen LogP contribution in [0.15, 0.2) is 62.5 Å². The SMILES string of the molecule is O=c1[nH]c2ccccc2c2c1c(=O)oc1ccccc12. The zero-order valence-electron chi connectivity index (χ0n) is 10.3. The van der Waals surface area contributed by atoms with Gasteiger partial charge in [0.2, 0.25) is 0 Å². The average Bonchev–Trinajstić information content (AvgIpc) is 2.46. The van der Waals surface area contributed by atoms with Crippen LogP contribution in [-0.4, -0.2) is 4.98 Å². The summed E-state index contributed by atoms with van der Waals surface area (Å²) in [5.74, 6) is 0. The van der Waals surface area contributed by atoms with Crippen molar-refractivity contribution in [2.75, 3.05) is 0 Å². The first-order chi connectivity index (χ1) is 9.75. The minimum atomic E-state index is -0.606. The van der Waals surface area contributed by atoms with E-state index >= 15 is 0 Å². The summed E-state index contributed by atoms with van der Waals surface area (Å²) in [5.41, 5.74) is 0.172. The van der Waals surface area contributed by atoms with Crippen molar-refractivity contribution in [1.82, 2.24) is 4.98 Å². The maximum absolute atomic E-state index is 12.1. The highest BCUT2D eigenvalue weighted by Gasteiger charge is 2.13. The van der Waals surface area contributed by atoms with Crippen LogP contribution < -0.4 is 11.2 Å². The third-order valence-electron chi connectivity index (χ3n) is 3.48. The predicted molar refractivity (Wildman–Crippen MR) is 78.1 cm³/mol.